The Morgan fingerprint density at radius 1 is 1.30 bits per heavy atom. The topological polar surface area (TPSA) is 87.4 Å². The second-order valence-electron chi connectivity index (χ2n) is 4.85. The predicted octanol–water partition coefficient (Wildman–Crippen LogP) is 3.46. The molecule has 3 N–H and O–H groups in total. The Morgan fingerprint density at radius 3 is 2.65 bits per heavy atom. The van der Waals surface area contributed by atoms with Crippen LogP contribution in [0, 0.1) is 6.92 Å². The highest BCUT2D eigenvalue weighted by atomic mass is 16.5. The molecule has 0 saturated heterocycles. The van der Waals surface area contributed by atoms with Crippen LogP contribution in [-0.2, 0) is 0 Å². The van der Waals surface area contributed by atoms with Gasteiger partial charge in [0.1, 0.15) is 11.5 Å². The Labute approximate surface area is 116 Å². The number of hydrogen-bond acceptors (Lipinski definition) is 4. The van der Waals surface area contributed by atoms with E-state index in [2.05, 4.69) is 15.8 Å². The standard InChI is InChI=1S/C14H17N3O3/c1-8(2)12-7-13(17-20-12)16-14(19)15-11-5-4-10(18)6-9(11)3/h4-8,18H,1-3H3,(H2,15,16,17,19). The van der Waals surface area contributed by atoms with E-state index >= 15 is 0 Å². The first-order chi connectivity index (χ1) is 9.45. The van der Waals surface area contributed by atoms with Gasteiger partial charge in [-0.2, -0.15) is 0 Å². The largest absolute Gasteiger partial charge is 0.508 e. The molecule has 0 aliphatic heterocycles. The molecule has 0 unspecified atom stereocenters. The first kappa shape index (κ1) is 13.9. The van der Waals surface area contributed by atoms with Crippen molar-refractivity contribution in [2.24, 2.45) is 0 Å². The minimum absolute atomic E-state index is 0.159. The third-order valence-electron chi connectivity index (χ3n) is 2.80. The number of phenols is 1. The van der Waals surface area contributed by atoms with E-state index in [-0.39, 0.29) is 11.7 Å². The number of carbonyl (C=O) groups is 1. The van der Waals surface area contributed by atoms with Gasteiger partial charge in [-0.25, -0.2) is 4.79 Å². The Hall–Kier alpha value is -2.50. The third kappa shape index (κ3) is 3.28. The van der Waals surface area contributed by atoms with Gasteiger partial charge in [0.05, 0.1) is 0 Å². The van der Waals surface area contributed by atoms with Crippen LogP contribution in [0.25, 0.3) is 0 Å². The van der Waals surface area contributed by atoms with Crippen molar-refractivity contribution in [3.8, 4) is 5.75 Å². The fraction of sp³-hybridized carbons (Fsp3) is 0.286. The van der Waals surface area contributed by atoms with E-state index in [4.69, 9.17) is 4.52 Å². The van der Waals surface area contributed by atoms with Crippen molar-refractivity contribution in [2.45, 2.75) is 26.7 Å². The summed E-state index contributed by atoms with van der Waals surface area (Å²) in [5, 5.41) is 18.4. The number of nitrogens with zero attached hydrogens (tertiary/aromatic N) is 1. The molecule has 0 saturated carbocycles. The summed E-state index contributed by atoms with van der Waals surface area (Å²) in [7, 11) is 0. The van der Waals surface area contributed by atoms with E-state index in [1.807, 2.05) is 13.8 Å². The van der Waals surface area contributed by atoms with E-state index in [1.54, 1.807) is 25.1 Å². The molecule has 106 valence electrons. The van der Waals surface area contributed by atoms with Gasteiger partial charge in [0.25, 0.3) is 0 Å². The Morgan fingerprint density at radius 2 is 2.05 bits per heavy atom. The molecular formula is C14H17N3O3. The van der Waals surface area contributed by atoms with Crippen molar-refractivity contribution in [1.82, 2.24) is 5.16 Å². The monoisotopic (exact) mass is 275 g/mol. The molecule has 6 nitrogen and oxygen atoms in total. The van der Waals surface area contributed by atoms with Crippen LogP contribution in [-0.4, -0.2) is 16.3 Å². The maximum atomic E-state index is 11.8. The van der Waals surface area contributed by atoms with Crippen LogP contribution >= 0.6 is 0 Å². The lowest BCUT2D eigenvalue weighted by Crippen LogP contribution is -2.20. The highest BCUT2D eigenvalue weighted by Gasteiger charge is 2.11. The fourth-order valence-electron chi connectivity index (χ4n) is 1.68. The van der Waals surface area contributed by atoms with Gasteiger partial charge >= 0.3 is 6.03 Å². The molecule has 20 heavy (non-hydrogen) atoms. The predicted molar refractivity (Wildman–Crippen MR) is 76.1 cm³/mol. The van der Waals surface area contributed by atoms with Crippen LogP contribution < -0.4 is 10.6 Å². The molecule has 0 bridgehead atoms. The molecule has 2 aromatic rings. The zero-order valence-electron chi connectivity index (χ0n) is 11.6. The van der Waals surface area contributed by atoms with Crippen molar-refractivity contribution in [3.05, 3.63) is 35.6 Å². The Balaban J connectivity index is 2.01. The average Bonchev–Trinajstić information content (AvgIpc) is 2.81. The van der Waals surface area contributed by atoms with Crippen molar-refractivity contribution in [1.29, 1.82) is 0 Å². The van der Waals surface area contributed by atoms with Gasteiger partial charge < -0.3 is 14.9 Å². The zero-order valence-corrected chi connectivity index (χ0v) is 11.6. The van der Waals surface area contributed by atoms with Crippen LogP contribution in [0.15, 0.2) is 28.8 Å². The molecule has 6 heteroatoms. The number of benzene rings is 1. The van der Waals surface area contributed by atoms with Gasteiger partial charge in [0.2, 0.25) is 0 Å². The van der Waals surface area contributed by atoms with Gasteiger partial charge in [0.15, 0.2) is 5.82 Å². The molecule has 1 aromatic heterocycles. The van der Waals surface area contributed by atoms with Gasteiger partial charge in [0, 0.05) is 17.7 Å². The third-order valence-corrected chi connectivity index (χ3v) is 2.80. The van der Waals surface area contributed by atoms with Gasteiger partial charge in [-0.1, -0.05) is 19.0 Å². The molecule has 0 atom stereocenters. The number of amides is 2. The Kier molecular flexibility index (Phi) is 3.93. The number of hydrogen-bond donors (Lipinski definition) is 3. The first-order valence-corrected chi connectivity index (χ1v) is 6.30. The fourth-order valence-corrected chi connectivity index (χ4v) is 1.68. The minimum Gasteiger partial charge on any atom is -0.508 e. The van der Waals surface area contributed by atoms with E-state index in [9.17, 15) is 9.90 Å². The number of rotatable bonds is 3. The van der Waals surface area contributed by atoms with Crippen LogP contribution in [0.2, 0.25) is 0 Å². The quantitative estimate of drug-likeness (QED) is 0.748. The average molecular weight is 275 g/mol. The summed E-state index contributed by atoms with van der Waals surface area (Å²) in [5.41, 5.74) is 1.39. The lowest BCUT2D eigenvalue weighted by molar-refractivity contribution is 0.262. The summed E-state index contributed by atoms with van der Waals surface area (Å²) < 4.78 is 5.09. The van der Waals surface area contributed by atoms with Crippen molar-refractivity contribution >= 4 is 17.5 Å². The van der Waals surface area contributed by atoms with E-state index in [1.165, 1.54) is 6.07 Å². The smallest absolute Gasteiger partial charge is 0.324 e. The number of aromatic hydroxyl groups is 1. The highest BCUT2D eigenvalue weighted by Crippen LogP contribution is 2.21. The summed E-state index contributed by atoms with van der Waals surface area (Å²) >= 11 is 0. The molecule has 0 fully saturated rings. The molecule has 1 heterocycles. The van der Waals surface area contributed by atoms with E-state index in [0.29, 0.717) is 17.3 Å². The van der Waals surface area contributed by atoms with Gasteiger partial charge in [-0.05, 0) is 30.7 Å². The Bertz CT molecular complexity index is 620. The number of aryl methyl sites for hydroxylation is 1. The number of phenolic OH excluding ortho intramolecular Hbond substituents is 1. The maximum absolute atomic E-state index is 11.8. The first-order valence-electron chi connectivity index (χ1n) is 6.30. The molecule has 1 aromatic carbocycles. The van der Waals surface area contributed by atoms with E-state index < -0.39 is 6.03 Å². The second kappa shape index (κ2) is 5.64. The lowest BCUT2D eigenvalue weighted by Gasteiger charge is -2.08. The number of aromatic nitrogens is 1. The van der Waals surface area contributed by atoms with E-state index in [0.717, 1.165) is 5.56 Å². The second-order valence-corrected chi connectivity index (χ2v) is 4.85. The normalized spacial score (nSPS) is 10.6. The van der Waals surface area contributed by atoms with Crippen molar-refractivity contribution in [3.63, 3.8) is 0 Å². The maximum Gasteiger partial charge on any atom is 0.324 e. The van der Waals surface area contributed by atoms with Crippen LogP contribution in [0.4, 0.5) is 16.3 Å². The van der Waals surface area contributed by atoms with Crippen molar-refractivity contribution < 1.29 is 14.4 Å². The van der Waals surface area contributed by atoms with Crippen molar-refractivity contribution in [2.75, 3.05) is 10.6 Å². The van der Waals surface area contributed by atoms with Crippen LogP contribution in [0.3, 0.4) is 0 Å². The minimum atomic E-state index is -0.414. The molecule has 2 rings (SSSR count). The summed E-state index contributed by atoms with van der Waals surface area (Å²) in [5.74, 6) is 1.44. The molecule has 0 aliphatic rings. The summed E-state index contributed by atoms with van der Waals surface area (Å²) in [6.07, 6.45) is 0. The van der Waals surface area contributed by atoms with Gasteiger partial charge in [-0.15, -0.1) is 0 Å². The zero-order chi connectivity index (χ0) is 14.7. The molecule has 0 radical (unpaired) electrons. The van der Waals surface area contributed by atoms with Gasteiger partial charge in [-0.3, -0.25) is 5.32 Å². The van der Waals surface area contributed by atoms with Crippen LogP contribution in [0.1, 0.15) is 31.1 Å². The number of carbonyl (C=O) groups excluding carboxylic acids is 1. The summed E-state index contributed by atoms with van der Waals surface area (Å²) in [6, 6.07) is 5.99. The molecule has 0 aliphatic carbocycles. The lowest BCUT2D eigenvalue weighted by atomic mass is 10.2. The highest BCUT2D eigenvalue weighted by molar-refractivity contribution is 5.99. The summed E-state index contributed by atoms with van der Waals surface area (Å²) in [6.45, 7) is 5.75. The summed E-state index contributed by atoms with van der Waals surface area (Å²) in [4.78, 5) is 11.8. The number of anilines is 2. The molecular weight excluding hydrogens is 258 g/mol. The molecule has 2 amide bonds. The number of nitrogens with one attached hydrogen (secondary N) is 2. The van der Waals surface area contributed by atoms with Crippen LogP contribution in [0.5, 0.6) is 5.75 Å². The molecule has 0 spiro atoms. The number of urea groups is 1. The SMILES string of the molecule is Cc1cc(O)ccc1NC(=O)Nc1cc(C(C)C)on1.